The van der Waals surface area contributed by atoms with Crippen LogP contribution in [0.15, 0.2) is 18.2 Å². The lowest BCUT2D eigenvalue weighted by atomic mass is 9.98. The molecule has 2 N–H and O–H groups in total. The van der Waals surface area contributed by atoms with E-state index in [0.717, 1.165) is 5.56 Å². The first-order valence-electron chi connectivity index (χ1n) is 8.22. The zero-order chi connectivity index (χ0) is 18.7. The average Bonchev–Trinajstić information content (AvgIpc) is 3.01. The molecule has 0 bridgehead atoms. The van der Waals surface area contributed by atoms with Crippen LogP contribution in [0.2, 0.25) is 0 Å². The monoisotopic (exact) mass is 362 g/mol. The second-order valence-electron chi connectivity index (χ2n) is 5.86. The smallest absolute Gasteiger partial charge is 0.246 e. The first-order chi connectivity index (χ1) is 12.6. The van der Waals surface area contributed by atoms with Gasteiger partial charge in [-0.05, 0) is 24.6 Å². The van der Waals surface area contributed by atoms with Crippen LogP contribution in [0.1, 0.15) is 29.4 Å². The second-order valence-corrected chi connectivity index (χ2v) is 5.86. The van der Waals surface area contributed by atoms with Crippen LogP contribution in [0.5, 0.6) is 11.5 Å². The van der Waals surface area contributed by atoms with Crippen LogP contribution in [-0.4, -0.2) is 53.2 Å². The van der Waals surface area contributed by atoms with Gasteiger partial charge in [0.1, 0.15) is 18.5 Å². The third kappa shape index (κ3) is 3.49. The zero-order valence-electron chi connectivity index (χ0n) is 14.9. The molecule has 9 heteroatoms. The van der Waals surface area contributed by atoms with Crippen LogP contribution in [0.4, 0.5) is 0 Å². The van der Waals surface area contributed by atoms with Gasteiger partial charge in [0, 0.05) is 0 Å². The van der Waals surface area contributed by atoms with E-state index in [1.807, 2.05) is 6.07 Å². The summed E-state index contributed by atoms with van der Waals surface area (Å²) in [5, 5.41) is 16.5. The minimum atomic E-state index is -0.543. The van der Waals surface area contributed by atoms with Crippen LogP contribution in [0.3, 0.4) is 0 Å². The van der Waals surface area contributed by atoms with E-state index in [1.54, 1.807) is 38.0 Å². The highest BCUT2D eigenvalue weighted by Crippen LogP contribution is 2.37. The minimum absolute atomic E-state index is 0.0700. The van der Waals surface area contributed by atoms with Crippen LogP contribution >= 0.6 is 0 Å². The third-order valence-corrected chi connectivity index (χ3v) is 4.15. The maximum Gasteiger partial charge on any atom is 0.246 e. The Balaban J connectivity index is 2.01. The van der Waals surface area contributed by atoms with Crippen molar-refractivity contribution < 1.29 is 24.1 Å². The second kappa shape index (κ2) is 7.71. The van der Waals surface area contributed by atoms with Crippen molar-refractivity contribution in [1.82, 2.24) is 20.1 Å². The number of aliphatic hydroxyl groups is 1. The number of carbonyl (C=O) groups excluding carboxylic acids is 1. The van der Waals surface area contributed by atoms with Crippen LogP contribution in [-0.2, 0) is 16.1 Å². The van der Waals surface area contributed by atoms with Crippen LogP contribution < -0.4 is 14.8 Å². The predicted octanol–water partition coefficient (Wildman–Crippen LogP) is 0.525. The molecule has 2 aromatic rings. The van der Waals surface area contributed by atoms with Crippen molar-refractivity contribution in [2.75, 3.05) is 27.4 Å². The van der Waals surface area contributed by atoms with Gasteiger partial charge in [-0.3, -0.25) is 4.79 Å². The summed E-state index contributed by atoms with van der Waals surface area (Å²) in [5.41, 5.74) is 0.789. The number of nitrogens with one attached hydrogen (secondary N) is 1. The number of aromatic nitrogens is 3. The van der Waals surface area contributed by atoms with Gasteiger partial charge in [0.05, 0.1) is 33.4 Å². The van der Waals surface area contributed by atoms with E-state index in [1.165, 1.54) is 0 Å². The van der Waals surface area contributed by atoms with Crippen molar-refractivity contribution in [3.63, 3.8) is 0 Å². The maximum absolute atomic E-state index is 11.9. The highest BCUT2D eigenvalue weighted by Gasteiger charge is 2.36. The fourth-order valence-corrected chi connectivity index (χ4v) is 3.02. The number of morpholine rings is 1. The molecule has 1 aromatic heterocycles. The summed E-state index contributed by atoms with van der Waals surface area (Å²) in [5.74, 6) is 2.05. The zero-order valence-corrected chi connectivity index (χ0v) is 14.9. The van der Waals surface area contributed by atoms with Crippen molar-refractivity contribution in [3.8, 4) is 11.5 Å². The summed E-state index contributed by atoms with van der Waals surface area (Å²) in [6, 6.07) is 4.94. The van der Waals surface area contributed by atoms with Gasteiger partial charge in [0.15, 0.2) is 17.3 Å². The number of hydrogen-bond donors (Lipinski definition) is 2. The molecule has 0 aliphatic carbocycles. The molecule has 1 fully saturated rings. The van der Waals surface area contributed by atoms with Gasteiger partial charge in [-0.1, -0.05) is 6.07 Å². The quantitative estimate of drug-likeness (QED) is 0.771. The number of amides is 1. The molecule has 2 atom stereocenters. The highest BCUT2D eigenvalue weighted by atomic mass is 16.5. The number of carbonyl (C=O) groups is 1. The summed E-state index contributed by atoms with van der Waals surface area (Å²) in [6.07, 6.45) is -0.543. The molecule has 9 nitrogen and oxygen atoms in total. The molecule has 1 aliphatic heterocycles. The summed E-state index contributed by atoms with van der Waals surface area (Å²) in [4.78, 5) is 16.4. The number of hydrogen-bond acceptors (Lipinski definition) is 7. The SMILES string of the molecule is COc1ccc([C@H]2NC(=O)CO[C@@H]2c2nc(C)nn2CCO)cc1OC. The van der Waals surface area contributed by atoms with E-state index in [9.17, 15) is 9.90 Å². The van der Waals surface area contributed by atoms with Crippen LogP contribution in [0.25, 0.3) is 0 Å². The molecule has 140 valence electrons. The number of methoxy groups -OCH3 is 2. The fourth-order valence-electron chi connectivity index (χ4n) is 3.02. The van der Waals surface area contributed by atoms with Crippen molar-refractivity contribution in [3.05, 3.63) is 35.4 Å². The number of nitrogens with zero attached hydrogens (tertiary/aromatic N) is 3. The summed E-state index contributed by atoms with van der Waals surface area (Å²) in [7, 11) is 3.11. The molecule has 1 aromatic carbocycles. The van der Waals surface area contributed by atoms with E-state index in [4.69, 9.17) is 14.2 Å². The highest BCUT2D eigenvalue weighted by molar-refractivity contribution is 5.78. The molecule has 1 amide bonds. The lowest BCUT2D eigenvalue weighted by Gasteiger charge is -2.32. The average molecular weight is 362 g/mol. The molecular weight excluding hydrogens is 340 g/mol. The Kier molecular flexibility index (Phi) is 5.38. The Morgan fingerprint density at radius 3 is 2.81 bits per heavy atom. The number of benzene rings is 1. The number of ether oxygens (including phenoxy) is 3. The molecule has 3 rings (SSSR count). The molecule has 0 radical (unpaired) electrons. The molecule has 2 heterocycles. The van der Waals surface area contributed by atoms with E-state index in [2.05, 4.69) is 15.4 Å². The fraction of sp³-hybridized carbons (Fsp3) is 0.471. The number of aryl methyl sites for hydroxylation is 1. The lowest BCUT2D eigenvalue weighted by Crippen LogP contribution is -2.42. The molecule has 1 aliphatic rings. The Labute approximate surface area is 150 Å². The summed E-state index contributed by atoms with van der Waals surface area (Å²) in [6.45, 7) is 1.92. The number of rotatable bonds is 6. The standard InChI is InChI=1S/C17H22N4O5/c1-10-18-17(21(20-10)6-7-22)16-15(19-14(23)9-26-16)11-4-5-12(24-2)13(8-11)25-3/h4-5,8,15-16,22H,6-7,9H2,1-3H3,(H,19,23)/t15-,16+/m1/s1. The van der Waals surface area contributed by atoms with Crippen molar-refractivity contribution in [2.24, 2.45) is 0 Å². The van der Waals surface area contributed by atoms with Crippen LogP contribution in [0, 0.1) is 6.92 Å². The Morgan fingerprint density at radius 2 is 2.12 bits per heavy atom. The lowest BCUT2D eigenvalue weighted by molar-refractivity contribution is -0.138. The molecule has 0 saturated carbocycles. The minimum Gasteiger partial charge on any atom is -0.493 e. The van der Waals surface area contributed by atoms with Gasteiger partial charge in [0.25, 0.3) is 0 Å². The van der Waals surface area contributed by atoms with Crippen molar-refractivity contribution >= 4 is 5.91 Å². The van der Waals surface area contributed by atoms with Gasteiger partial charge in [0.2, 0.25) is 5.91 Å². The Hall–Kier alpha value is -2.65. The molecule has 1 saturated heterocycles. The van der Waals surface area contributed by atoms with E-state index < -0.39 is 12.1 Å². The Bertz CT molecular complexity index is 791. The summed E-state index contributed by atoms with van der Waals surface area (Å²) >= 11 is 0. The normalized spacial score (nSPS) is 19.9. The molecule has 0 spiro atoms. The molecule has 0 unspecified atom stereocenters. The van der Waals surface area contributed by atoms with Gasteiger partial charge < -0.3 is 24.6 Å². The van der Waals surface area contributed by atoms with E-state index in [0.29, 0.717) is 29.7 Å². The first kappa shape index (κ1) is 18.2. The van der Waals surface area contributed by atoms with Gasteiger partial charge in [-0.2, -0.15) is 5.10 Å². The Morgan fingerprint density at radius 1 is 1.35 bits per heavy atom. The molecular formula is C17H22N4O5. The van der Waals surface area contributed by atoms with E-state index >= 15 is 0 Å². The largest absolute Gasteiger partial charge is 0.493 e. The topological polar surface area (TPSA) is 108 Å². The molecule has 26 heavy (non-hydrogen) atoms. The number of aliphatic hydroxyl groups excluding tert-OH is 1. The first-order valence-corrected chi connectivity index (χ1v) is 8.22. The van der Waals surface area contributed by atoms with Crippen molar-refractivity contribution in [2.45, 2.75) is 25.6 Å². The third-order valence-electron chi connectivity index (χ3n) is 4.15. The van der Waals surface area contributed by atoms with Crippen molar-refractivity contribution in [1.29, 1.82) is 0 Å². The van der Waals surface area contributed by atoms with Gasteiger partial charge in [-0.15, -0.1) is 0 Å². The predicted molar refractivity (Wildman–Crippen MR) is 91.0 cm³/mol. The summed E-state index contributed by atoms with van der Waals surface area (Å²) < 4.78 is 18.0. The van der Waals surface area contributed by atoms with E-state index in [-0.39, 0.29) is 19.1 Å². The maximum atomic E-state index is 11.9. The van der Waals surface area contributed by atoms with Gasteiger partial charge in [-0.25, -0.2) is 9.67 Å². The van der Waals surface area contributed by atoms with Gasteiger partial charge >= 0.3 is 0 Å².